The molecular weight excluding hydrogens is 472 g/mol. The van der Waals surface area contributed by atoms with Crippen LogP contribution in [0.3, 0.4) is 0 Å². The van der Waals surface area contributed by atoms with E-state index in [9.17, 15) is 14.4 Å². The number of benzene rings is 1. The number of fused-ring (bicyclic) bond motifs is 1. The van der Waals surface area contributed by atoms with Crippen LogP contribution in [0.4, 0.5) is 10.8 Å². The van der Waals surface area contributed by atoms with E-state index in [2.05, 4.69) is 25.8 Å². The lowest BCUT2D eigenvalue weighted by Gasteiger charge is -2.08. The Morgan fingerprint density at radius 3 is 2.53 bits per heavy atom. The van der Waals surface area contributed by atoms with Crippen LogP contribution in [0.25, 0.3) is 10.2 Å². The van der Waals surface area contributed by atoms with E-state index >= 15 is 0 Å². The maximum absolute atomic E-state index is 13.1. The standard InChI is InChI=1S/C23H24N6O3S2/c1-11(2)20-27-28-23(34-20)26-16(30)9-29-10-24-21-17(22(29)32)14(5)18(33-21)19(31)25-15-7-6-12(3)8-13(15)4/h6-8,10-11H,9H2,1-5H3,(H,25,31)(H,26,28,30). The summed E-state index contributed by atoms with van der Waals surface area (Å²) in [5.74, 6) is -0.496. The first-order valence-corrected chi connectivity index (χ1v) is 12.3. The lowest BCUT2D eigenvalue weighted by atomic mass is 10.1. The normalized spacial score (nSPS) is 11.2. The predicted molar refractivity (Wildman–Crippen MR) is 135 cm³/mol. The van der Waals surface area contributed by atoms with Crippen molar-refractivity contribution >= 4 is 55.5 Å². The van der Waals surface area contributed by atoms with Gasteiger partial charge in [-0.25, -0.2) is 4.98 Å². The number of carbonyl (C=O) groups excluding carboxylic acids is 2. The van der Waals surface area contributed by atoms with Gasteiger partial charge in [0.25, 0.3) is 11.5 Å². The number of nitrogens with one attached hydrogen (secondary N) is 2. The number of aryl methyl sites for hydroxylation is 3. The van der Waals surface area contributed by atoms with Crippen LogP contribution in [0.1, 0.15) is 51.1 Å². The number of aromatic nitrogens is 4. The third-order valence-electron chi connectivity index (χ3n) is 5.25. The maximum atomic E-state index is 13.1. The molecule has 0 bridgehead atoms. The zero-order valence-electron chi connectivity index (χ0n) is 19.4. The SMILES string of the molecule is Cc1ccc(NC(=O)c2sc3ncn(CC(=O)Nc4nnc(C(C)C)s4)c(=O)c3c2C)c(C)c1. The fourth-order valence-electron chi connectivity index (χ4n) is 3.45. The van der Waals surface area contributed by atoms with Crippen LogP contribution < -0.4 is 16.2 Å². The van der Waals surface area contributed by atoms with Crippen molar-refractivity contribution < 1.29 is 9.59 Å². The molecule has 11 heteroatoms. The van der Waals surface area contributed by atoms with Crippen LogP contribution in [0.5, 0.6) is 0 Å². The quantitative estimate of drug-likeness (QED) is 0.412. The summed E-state index contributed by atoms with van der Waals surface area (Å²) >= 11 is 2.45. The van der Waals surface area contributed by atoms with E-state index in [1.807, 2.05) is 45.9 Å². The molecule has 0 unspecified atom stereocenters. The summed E-state index contributed by atoms with van der Waals surface area (Å²) in [6.45, 7) is 9.40. The third kappa shape index (κ3) is 4.75. The number of carbonyl (C=O) groups is 2. The van der Waals surface area contributed by atoms with Gasteiger partial charge in [-0.05, 0) is 38.0 Å². The van der Waals surface area contributed by atoms with E-state index in [1.165, 1.54) is 22.2 Å². The molecule has 0 aliphatic rings. The van der Waals surface area contributed by atoms with Crippen molar-refractivity contribution in [1.82, 2.24) is 19.7 Å². The minimum Gasteiger partial charge on any atom is -0.321 e. The summed E-state index contributed by atoms with van der Waals surface area (Å²) in [5.41, 5.74) is 2.94. The highest BCUT2D eigenvalue weighted by atomic mass is 32.1. The fourth-order valence-corrected chi connectivity index (χ4v) is 5.25. The van der Waals surface area contributed by atoms with Gasteiger partial charge >= 0.3 is 0 Å². The zero-order valence-corrected chi connectivity index (χ0v) is 21.1. The molecule has 3 heterocycles. The van der Waals surface area contributed by atoms with Crippen LogP contribution in [0.2, 0.25) is 0 Å². The first kappa shape index (κ1) is 23.7. The van der Waals surface area contributed by atoms with Crippen molar-refractivity contribution in [3.8, 4) is 0 Å². The minimum atomic E-state index is -0.407. The van der Waals surface area contributed by atoms with E-state index in [0.29, 0.717) is 31.5 Å². The van der Waals surface area contributed by atoms with E-state index in [4.69, 9.17) is 0 Å². The topological polar surface area (TPSA) is 119 Å². The number of hydrogen-bond donors (Lipinski definition) is 2. The van der Waals surface area contributed by atoms with Gasteiger partial charge < -0.3 is 5.32 Å². The largest absolute Gasteiger partial charge is 0.321 e. The summed E-state index contributed by atoms with van der Waals surface area (Å²) in [7, 11) is 0. The van der Waals surface area contributed by atoms with Crippen molar-refractivity contribution in [3.63, 3.8) is 0 Å². The summed E-state index contributed by atoms with van der Waals surface area (Å²) in [4.78, 5) is 43.7. The van der Waals surface area contributed by atoms with E-state index < -0.39 is 5.91 Å². The number of anilines is 2. The smallest absolute Gasteiger partial charge is 0.266 e. The van der Waals surface area contributed by atoms with Crippen LogP contribution >= 0.6 is 22.7 Å². The fraction of sp³-hybridized carbons (Fsp3) is 0.304. The first-order chi connectivity index (χ1) is 16.1. The summed E-state index contributed by atoms with van der Waals surface area (Å²) in [6.07, 6.45) is 1.33. The Balaban J connectivity index is 1.56. The van der Waals surface area contributed by atoms with Gasteiger partial charge in [-0.15, -0.1) is 21.5 Å². The Bertz CT molecular complexity index is 1470. The number of thiophene rings is 1. The van der Waals surface area contributed by atoms with Gasteiger partial charge in [0.2, 0.25) is 11.0 Å². The second-order valence-corrected chi connectivity index (χ2v) is 10.3. The summed E-state index contributed by atoms with van der Waals surface area (Å²) in [5, 5.41) is 15.1. The zero-order chi connectivity index (χ0) is 24.6. The van der Waals surface area contributed by atoms with Crippen molar-refractivity contribution in [1.29, 1.82) is 0 Å². The average Bonchev–Trinajstić information content (AvgIpc) is 3.37. The molecule has 0 aliphatic heterocycles. The summed E-state index contributed by atoms with van der Waals surface area (Å²) < 4.78 is 1.23. The third-order valence-corrected chi connectivity index (χ3v) is 7.59. The highest BCUT2D eigenvalue weighted by molar-refractivity contribution is 7.20. The van der Waals surface area contributed by atoms with Crippen LogP contribution in [0, 0.1) is 20.8 Å². The van der Waals surface area contributed by atoms with Gasteiger partial charge in [-0.1, -0.05) is 42.9 Å². The number of nitrogens with zero attached hydrogens (tertiary/aromatic N) is 4. The van der Waals surface area contributed by atoms with Gasteiger partial charge in [0.05, 0.1) is 16.6 Å². The van der Waals surface area contributed by atoms with Gasteiger partial charge in [-0.2, -0.15) is 0 Å². The second-order valence-electron chi connectivity index (χ2n) is 8.33. The molecule has 0 saturated carbocycles. The molecule has 0 radical (unpaired) electrons. The molecule has 0 aliphatic carbocycles. The Morgan fingerprint density at radius 2 is 1.85 bits per heavy atom. The van der Waals surface area contributed by atoms with Crippen molar-refractivity contribution in [2.75, 3.05) is 10.6 Å². The maximum Gasteiger partial charge on any atom is 0.266 e. The average molecular weight is 497 g/mol. The predicted octanol–water partition coefficient (Wildman–Crippen LogP) is 4.25. The van der Waals surface area contributed by atoms with Crippen LogP contribution in [0.15, 0.2) is 29.3 Å². The number of rotatable bonds is 6. The molecule has 176 valence electrons. The van der Waals surface area contributed by atoms with Crippen LogP contribution in [-0.4, -0.2) is 31.6 Å². The monoisotopic (exact) mass is 496 g/mol. The molecule has 34 heavy (non-hydrogen) atoms. The summed E-state index contributed by atoms with van der Waals surface area (Å²) in [6, 6.07) is 5.78. The molecule has 0 atom stereocenters. The molecule has 0 spiro atoms. The Hall–Kier alpha value is -3.44. The van der Waals surface area contributed by atoms with E-state index in [-0.39, 0.29) is 23.9 Å². The lowest BCUT2D eigenvalue weighted by molar-refractivity contribution is -0.116. The first-order valence-electron chi connectivity index (χ1n) is 10.6. The van der Waals surface area contributed by atoms with Gasteiger partial charge in [-0.3, -0.25) is 24.3 Å². The van der Waals surface area contributed by atoms with Gasteiger partial charge in [0.1, 0.15) is 16.4 Å². The molecule has 1 aromatic carbocycles. The number of amides is 2. The van der Waals surface area contributed by atoms with Crippen molar-refractivity contribution in [2.45, 2.75) is 47.1 Å². The lowest BCUT2D eigenvalue weighted by Crippen LogP contribution is -2.28. The van der Waals surface area contributed by atoms with Crippen molar-refractivity contribution in [2.24, 2.45) is 0 Å². The molecule has 2 amide bonds. The van der Waals surface area contributed by atoms with E-state index in [1.54, 1.807) is 6.92 Å². The Kier molecular flexibility index (Phi) is 6.58. The highest BCUT2D eigenvalue weighted by Crippen LogP contribution is 2.28. The van der Waals surface area contributed by atoms with Crippen LogP contribution in [-0.2, 0) is 11.3 Å². The minimum absolute atomic E-state index is 0.209. The molecule has 3 aromatic heterocycles. The molecule has 4 aromatic rings. The molecule has 4 rings (SSSR count). The van der Waals surface area contributed by atoms with E-state index in [0.717, 1.165) is 27.5 Å². The molecule has 0 fully saturated rings. The van der Waals surface area contributed by atoms with Gasteiger partial charge in [0, 0.05) is 11.6 Å². The highest BCUT2D eigenvalue weighted by Gasteiger charge is 2.21. The Labute approximate surface area is 203 Å². The molecular formula is C23H24N6O3S2. The number of hydrogen-bond acceptors (Lipinski definition) is 8. The molecule has 2 N–H and O–H groups in total. The van der Waals surface area contributed by atoms with Gasteiger partial charge in [0.15, 0.2) is 0 Å². The second kappa shape index (κ2) is 9.43. The van der Waals surface area contributed by atoms with Crippen molar-refractivity contribution in [3.05, 3.63) is 61.5 Å². The molecule has 0 saturated heterocycles. The Morgan fingerprint density at radius 1 is 1.09 bits per heavy atom. The molecule has 9 nitrogen and oxygen atoms in total.